The van der Waals surface area contributed by atoms with Crippen LogP contribution in [0.4, 0.5) is 0 Å². The van der Waals surface area contributed by atoms with Crippen molar-refractivity contribution in [1.29, 1.82) is 0 Å². The van der Waals surface area contributed by atoms with Crippen LogP contribution in [0.25, 0.3) is 0 Å². The van der Waals surface area contributed by atoms with E-state index in [1.165, 1.54) is 0 Å². The lowest BCUT2D eigenvalue weighted by Gasteiger charge is -1.94. The van der Waals surface area contributed by atoms with Crippen LogP contribution in [0, 0.1) is 0 Å². The highest BCUT2D eigenvalue weighted by Crippen LogP contribution is 2.28. The lowest BCUT2D eigenvalue weighted by atomic mass is 10.4. The number of rotatable bonds is 0. The van der Waals surface area contributed by atoms with Gasteiger partial charge in [0.2, 0.25) is 0 Å². The SMILES string of the molecule is C.Clc1cccc(Cl)c1Cl. The summed E-state index contributed by atoms with van der Waals surface area (Å²) >= 11 is 16.8. The van der Waals surface area contributed by atoms with Crippen molar-refractivity contribution in [3.05, 3.63) is 33.3 Å². The van der Waals surface area contributed by atoms with Gasteiger partial charge in [-0.1, -0.05) is 48.3 Å². The molecule has 0 atom stereocenters. The summed E-state index contributed by atoms with van der Waals surface area (Å²) in [6.45, 7) is 0. The second-order valence-electron chi connectivity index (χ2n) is 1.54. The maximum atomic E-state index is 5.61. The van der Waals surface area contributed by atoms with E-state index >= 15 is 0 Å². The maximum Gasteiger partial charge on any atom is 0.0778 e. The van der Waals surface area contributed by atoms with Crippen LogP contribution in [0.1, 0.15) is 7.43 Å². The molecule has 0 fully saturated rings. The monoisotopic (exact) mass is 196 g/mol. The Hall–Kier alpha value is 0.0900. The third kappa shape index (κ3) is 2.05. The predicted molar refractivity (Wildman–Crippen MR) is 48.2 cm³/mol. The molecule has 0 unspecified atom stereocenters. The van der Waals surface area contributed by atoms with E-state index in [2.05, 4.69) is 0 Å². The molecule has 0 bridgehead atoms. The van der Waals surface area contributed by atoms with E-state index in [1.807, 2.05) is 0 Å². The molecule has 0 saturated heterocycles. The van der Waals surface area contributed by atoms with Crippen LogP contribution in [0.15, 0.2) is 18.2 Å². The summed E-state index contributed by atoms with van der Waals surface area (Å²) in [6, 6.07) is 5.13. The summed E-state index contributed by atoms with van der Waals surface area (Å²) in [5.74, 6) is 0. The third-order valence-corrected chi connectivity index (χ3v) is 2.14. The van der Waals surface area contributed by atoms with E-state index in [1.54, 1.807) is 18.2 Å². The molecule has 0 saturated carbocycles. The molecule has 3 heteroatoms. The molecule has 0 nitrogen and oxygen atoms in total. The third-order valence-electron chi connectivity index (χ3n) is 0.904. The summed E-state index contributed by atoms with van der Waals surface area (Å²) < 4.78 is 0. The van der Waals surface area contributed by atoms with Gasteiger partial charge in [-0.3, -0.25) is 0 Å². The molecule has 56 valence electrons. The molecule has 0 radical (unpaired) electrons. The van der Waals surface area contributed by atoms with E-state index < -0.39 is 0 Å². The van der Waals surface area contributed by atoms with Crippen molar-refractivity contribution in [2.24, 2.45) is 0 Å². The first-order valence-corrected chi connectivity index (χ1v) is 3.44. The van der Waals surface area contributed by atoms with Crippen molar-refractivity contribution in [2.75, 3.05) is 0 Å². The standard InChI is InChI=1S/C6H3Cl3.CH4/c7-4-2-1-3-5(8)6(4)9;/h1-3H;1H4. The Morgan fingerprint density at radius 2 is 1.30 bits per heavy atom. The van der Waals surface area contributed by atoms with Gasteiger partial charge in [0.15, 0.2) is 0 Å². The Kier molecular flexibility index (Phi) is 4.11. The fourth-order valence-corrected chi connectivity index (χ4v) is 1.00. The Balaban J connectivity index is 0.000000810. The molecule has 0 aliphatic carbocycles. The first kappa shape index (κ1) is 10.1. The van der Waals surface area contributed by atoms with Crippen LogP contribution < -0.4 is 0 Å². The zero-order valence-corrected chi connectivity index (χ0v) is 6.63. The van der Waals surface area contributed by atoms with E-state index in [0.29, 0.717) is 15.1 Å². The molecule has 1 aromatic carbocycles. The molecule has 0 spiro atoms. The average molecular weight is 197 g/mol. The minimum Gasteiger partial charge on any atom is -0.0827 e. The van der Waals surface area contributed by atoms with Crippen molar-refractivity contribution >= 4 is 34.8 Å². The molecular formula is C7H7Cl3. The Morgan fingerprint density at radius 3 is 1.60 bits per heavy atom. The fraction of sp³-hybridized carbons (Fsp3) is 0.143. The second kappa shape index (κ2) is 4.07. The molecule has 0 aliphatic rings. The van der Waals surface area contributed by atoms with Gasteiger partial charge in [-0.25, -0.2) is 0 Å². The lowest BCUT2D eigenvalue weighted by molar-refractivity contribution is 1.70. The summed E-state index contributed by atoms with van der Waals surface area (Å²) in [5, 5.41) is 1.40. The van der Waals surface area contributed by atoms with Crippen molar-refractivity contribution in [2.45, 2.75) is 7.43 Å². The molecule has 1 aromatic rings. The van der Waals surface area contributed by atoms with Gasteiger partial charge >= 0.3 is 0 Å². The average Bonchev–Trinajstić information content (AvgIpc) is 1.83. The van der Waals surface area contributed by atoms with Crippen LogP contribution in [0.5, 0.6) is 0 Å². The van der Waals surface area contributed by atoms with Crippen LogP contribution in [0.2, 0.25) is 15.1 Å². The maximum absolute atomic E-state index is 5.61. The normalized spacial score (nSPS) is 8.70. The molecule has 10 heavy (non-hydrogen) atoms. The zero-order chi connectivity index (χ0) is 6.85. The number of halogens is 3. The quantitative estimate of drug-likeness (QED) is 0.545. The molecule has 0 heterocycles. The Bertz CT molecular complexity index is 200. The van der Waals surface area contributed by atoms with Gasteiger partial charge in [-0.2, -0.15) is 0 Å². The van der Waals surface area contributed by atoms with Crippen molar-refractivity contribution in [3.8, 4) is 0 Å². The number of hydrogen-bond donors (Lipinski definition) is 0. The first-order chi connectivity index (χ1) is 4.22. The fourth-order valence-electron chi connectivity index (χ4n) is 0.477. The van der Waals surface area contributed by atoms with Gasteiger partial charge in [0.1, 0.15) is 0 Å². The zero-order valence-electron chi connectivity index (χ0n) is 4.37. The predicted octanol–water partition coefficient (Wildman–Crippen LogP) is 4.28. The Labute approximate surface area is 75.7 Å². The summed E-state index contributed by atoms with van der Waals surface area (Å²) in [4.78, 5) is 0. The van der Waals surface area contributed by atoms with E-state index in [0.717, 1.165) is 0 Å². The van der Waals surface area contributed by atoms with Gasteiger partial charge in [0, 0.05) is 0 Å². The highest BCUT2D eigenvalue weighted by atomic mass is 35.5. The lowest BCUT2D eigenvalue weighted by Crippen LogP contribution is -1.67. The highest BCUT2D eigenvalue weighted by molar-refractivity contribution is 6.47. The van der Waals surface area contributed by atoms with Crippen molar-refractivity contribution < 1.29 is 0 Å². The summed E-state index contributed by atoms with van der Waals surface area (Å²) in [5.41, 5.74) is 0. The van der Waals surface area contributed by atoms with Gasteiger partial charge in [0.25, 0.3) is 0 Å². The summed E-state index contributed by atoms with van der Waals surface area (Å²) in [7, 11) is 0. The first-order valence-electron chi connectivity index (χ1n) is 2.31. The minimum absolute atomic E-state index is 0. The van der Waals surface area contributed by atoms with Crippen molar-refractivity contribution in [3.63, 3.8) is 0 Å². The molecule has 1 rings (SSSR count). The smallest absolute Gasteiger partial charge is 0.0778 e. The van der Waals surface area contributed by atoms with Gasteiger partial charge < -0.3 is 0 Å². The van der Waals surface area contributed by atoms with Crippen LogP contribution in [-0.4, -0.2) is 0 Å². The van der Waals surface area contributed by atoms with Crippen LogP contribution >= 0.6 is 34.8 Å². The Morgan fingerprint density at radius 1 is 0.900 bits per heavy atom. The van der Waals surface area contributed by atoms with Gasteiger partial charge in [-0.05, 0) is 12.1 Å². The van der Waals surface area contributed by atoms with Crippen molar-refractivity contribution in [1.82, 2.24) is 0 Å². The topological polar surface area (TPSA) is 0 Å². The van der Waals surface area contributed by atoms with E-state index in [-0.39, 0.29) is 7.43 Å². The van der Waals surface area contributed by atoms with E-state index in [9.17, 15) is 0 Å². The van der Waals surface area contributed by atoms with Crippen LogP contribution in [0.3, 0.4) is 0 Å². The highest BCUT2D eigenvalue weighted by Gasteiger charge is 1.98. The number of hydrogen-bond acceptors (Lipinski definition) is 0. The molecule has 0 amide bonds. The minimum atomic E-state index is 0. The molecule has 0 aromatic heterocycles. The summed E-state index contributed by atoms with van der Waals surface area (Å²) in [6.07, 6.45) is 0. The van der Waals surface area contributed by atoms with Gasteiger partial charge in [0.05, 0.1) is 15.1 Å². The largest absolute Gasteiger partial charge is 0.0827 e. The van der Waals surface area contributed by atoms with Crippen LogP contribution in [-0.2, 0) is 0 Å². The van der Waals surface area contributed by atoms with Gasteiger partial charge in [-0.15, -0.1) is 0 Å². The molecule has 0 aliphatic heterocycles. The number of benzene rings is 1. The molecular weight excluding hydrogens is 190 g/mol. The second-order valence-corrected chi connectivity index (χ2v) is 2.73. The molecule has 0 N–H and O–H groups in total. The van der Waals surface area contributed by atoms with E-state index in [4.69, 9.17) is 34.8 Å².